The van der Waals surface area contributed by atoms with E-state index in [1.54, 1.807) is 25.3 Å². The van der Waals surface area contributed by atoms with Crippen LogP contribution in [-0.4, -0.2) is 14.2 Å². The molecule has 0 spiro atoms. The lowest BCUT2D eigenvalue weighted by atomic mass is 10.1. The highest BCUT2D eigenvalue weighted by Gasteiger charge is 2.10. The van der Waals surface area contributed by atoms with Gasteiger partial charge >= 0.3 is 0 Å². The van der Waals surface area contributed by atoms with E-state index < -0.39 is 0 Å². The van der Waals surface area contributed by atoms with Gasteiger partial charge in [0.25, 0.3) is 0 Å². The Morgan fingerprint density at radius 1 is 1.10 bits per heavy atom. The Balaban J connectivity index is 2.24. The number of nitrogens with one attached hydrogen (secondary N) is 1. The number of benzene rings is 2. The second kappa shape index (κ2) is 6.68. The predicted octanol–water partition coefficient (Wildman–Crippen LogP) is 4.42. The van der Waals surface area contributed by atoms with Crippen molar-refractivity contribution in [2.75, 3.05) is 19.5 Å². The highest BCUT2D eigenvalue weighted by molar-refractivity contribution is 6.32. The van der Waals surface area contributed by atoms with Crippen molar-refractivity contribution in [2.24, 2.45) is 0 Å². The van der Waals surface area contributed by atoms with Crippen molar-refractivity contribution in [3.63, 3.8) is 0 Å². The van der Waals surface area contributed by atoms with Crippen LogP contribution < -0.4 is 14.8 Å². The first-order valence-corrected chi connectivity index (χ1v) is 6.83. The van der Waals surface area contributed by atoms with Crippen LogP contribution >= 0.6 is 11.6 Å². The minimum Gasteiger partial charge on any atom is -0.495 e. The van der Waals surface area contributed by atoms with Crippen molar-refractivity contribution in [1.82, 2.24) is 0 Å². The standard InChI is InChI=1S/C16H17ClFNO2/c1-10-4-5-13(18)11(6-10)9-19-14-8-15(20-2)12(17)7-16(14)21-3/h4-8,19H,9H2,1-3H3. The summed E-state index contributed by atoms with van der Waals surface area (Å²) in [6.45, 7) is 2.27. The third kappa shape index (κ3) is 3.58. The second-order valence-electron chi connectivity index (χ2n) is 4.64. The molecule has 3 nitrogen and oxygen atoms in total. The van der Waals surface area contributed by atoms with Crippen LogP contribution in [0.5, 0.6) is 11.5 Å². The summed E-state index contributed by atoms with van der Waals surface area (Å²) in [6, 6.07) is 8.41. The van der Waals surface area contributed by atoms with E-state index in [9.17, 15) is 4.39 Å². The first-order valence-electron chi connectivity index (χ1n) is 6.45. The summed E-state index contributed by atoms with van der Waals surface area (Å²) in [5, 5.41) is 3.61. The van der Waals surface area contributed by atoms with Crippen molar-refractivity contribution in [1.29, 1.82) is 0 Å². The summed E-state index contributed by atoms with van der Waals surface area (Å²) in [5.41, 5.74) is 2.29. The summed E-state index contributed by atoms with van der Waals surface area (Å²) in [6.07, 6.45) is 0. The van der Waals surface area contributed by atoms with Crippen molar-refractivity contribution in [3.8, 4) is 11.5 Å². The number of hydrogen-bond donors (Lipinski definition) is 1. The minimum atomic E-state index is -0.243. The fourth-order valence-corrected chi connectivity index (χ4v) is 2.26. The van der Waals surface area contributed by atoms with E-state index in [1.807, 2.05) is 13.0 Å². The van der Waals surface area contributed by atoms with Crippen LogP contribution in [0.1, 0.15) is 11.1 Å². The summed E-state index contributed by atoms with van der Waals surface area (Å²) in [5.74, 6) is 0.867. The normalized spacial score (nSPS) is 10.3. The van der Waals surface area contributed by atoms with Crippen LogP contribution in [0.4, 0.5) is 10.1 Å². The van der Waals surface area contributed by atoms with E-state index in [-0.39, 0.29) is 5.82 Å². The molecule has 5 heteroatoms. The topological polar surface area (TPSA) is 30.5 Å². The number of rotatable bonds is 5. The average Bonchev–Trinajstić information content (AvgIpc) is 2.48. The molecule has 112 valence electrons. The lowest BCUT2D eigenvalue weighted by Gasteiger charge is -2.14. The molecule has 0 saturated heterocycles. The fraction of sp³-hybridized carbons (Fsp3) is 0.250. The Morgan fingerprint density at radius 3 is 2.48 bits per heavy atom. The molecule has 0 amide bonds. The zero-order valence-electron chi connectivity index (χ0n) is 12.2. The van der Waals surface area contributed by atoms with Gasteiger partial charge in [0, 0.05) is 24.2 Å². The maximum absolute atomic E-state index is 13.7. The van der Waals surface area contributed by atoms with E-state index in [2.05, 4.69) is 5.32 Å². The predicted molar refractivity (Wildman–Crippen MR) is 83.0 cm³/mol. The molecule has 0 aliphatic heterocycles. The molecule has 0 aliphatic carbocycles. The molecule has 0 unspecified atom stereocenters. The molecule has 0 fully saturated rings. The van der Waals surface area contributed by atoms with Gasteiger partial charge < -0.3 is 14.8 Å². The molecule has 0 aromatic heterocycles. The molecule has 0 radical (unpaired) electrons. The lowest BCUT2D eigenvalue weighted by Crippen LogP contribution is -2.04. The molecule has 0 aliphatic rings. The van der Waals surface area contributed by atoms with E-state index in [1.165, 1.54) is 13.2 Å². The fourth-order valence-electron chi connectivity index (χ4n) is 2.03. The third-order valence-electron chi connectivity index (χ3n) is 3.14. The van der Waals surface area contributed by atoms with Gasteiger partial charge in [0.05, 0.1) is 24.9 Å². The number of methoxy groups -OCH3 is 2. The van der Waals surface area contributed by atoms with Crippen LogP contribution in [0.25, 0.3) is 0 Å². The van der Waals surface area contributed by atoms with E-state index in [4.69, 9.17) is 21.1 Å². The smallest absolute Gasteiger partial charge is 0.143 e. The Morgan fingerprint density at radius 2 is 1.81 bits per heavy atom. The first-order chi connectivity index (χ1) is 10.0. The van der Waals surface area contributed by atoms with E-state index >= 15 is 0 Å². The molecule has 0 bridgehead atoms. The maximum atomic E-state index is 13.7. The molecule has 2 aromatic carbocycles. The Labute approximate surface area is 128 Å². The zero-order valence-corrected chi connectivity index (χ0v) is 12.9. The highest BCUT2D eigenvalue weighted by atomic mass is 35.5. The Bertz CT molecular complexity index is 646. The number of ether oxygens (including phenoxy) is 2. The van der Waals surface area contributed by atoms with Gasteiger partial charge in [0.2, 0.25) is 0 Å². The second-order valence-corrected chi connectivity index (χ2v) is 5.04. The highest BCUT2D eigenvalue weighted by Crippen LogP contribution is 2.36. The average molecular weight is 310 g/mol. The van der Waals surface area contributed by atoms with Crippen LogP contribution in [0.2, 0.25) is 5.02 Å². The molecular weight excluding hydrogens is 293 g/mol. The molecule has 21 heavy (non-hydrogen) atoms. The molecular formula is C16H17ClFNO2. The summed E-state index contributed by atoms with van der Waals surface area (Å²) < 4.78 is 24.2. The van der Waals surface area contributed by atoms with Crippen molar-refractivity contribution < 1.29 is 13.9 Å². The third-order valence-corrected chi connectivity index (χ3v) is 3.44. The van der Waals surface area contributed by atoms with Gasteiger partial charge in [-0.2, -0.15) is 0 Å². The molecule has 0 atom stereocenters. The van der Waals surface area contributed by atoms with Gasteiger partial charge in [-0.15, -0.1) is 0 Å². The number of hydrogen-bond acceptors (Lipinski definition) is 3. The van der Waals surface area contributed by atoms with Crippen molar-refractivity contribution >= 4 is 17.3 Å². The van der Waals surface area contributed by atoms with E-state index in [0.29, 0.717) is 34.3 Å². The molecule has 1 N–H and O–H groups in total. The Hall–Kier alpha value is -1.94. The number of aryl methyl sites for hydroxylation is 1. The summed E-state index contributed by atoms with van der Waals surface area (Å²) in [4.78, 5) is 0. The van der Waals surface area contributed by atoms with E-state index in [0.717, 1.165) is 5.56 Å². The van der Waals surface area contributed by atoms with Gasteiger partial charge in [-0.3, -0.25) is 0 Å². The quantitative estimate of drug-likeness (QED) is 0.887. The van der Waals surface area contributed by atoms with Crippen molar-refractivity contribution in [3.05, 3.63) is 52.3 Å². The van der Waals surface area contributed by atoms with Crippen LogP contribution in [0.15, 0.2) is 30.3 Å². The largest absolute Gasteiger partial charge is 0.495 e. The molecule has 2 aromatic rings. The van der Waals surface area contributed by atoms with Crippen LogP contribution in [0.3, 0.4) is 0 Å². The van der Waals surface area contributed by atoms with Gasteiger partial charge in [-0.05, 0) is 13.0 Å². The van der Waals surface area contributed by atoms with Gasteiger partial charge in [-0.1, -0.05) is 29.3 Å². The van der Waals surface area contributed by atoms with Gasteiger partial charge in [0.15, 0.2) is 0 Å². The van der Waals surface area contributed by atoms with Crippen LogP contribution in [-0.2, 0) is 6.54 Å². The van der Waals surface area contributed by atoms with Crippen molar-refractivity contribution in [2.45, 2.75) is 13.5 Å². The SMILES string of the molecule is COc1cc(NCc2cc(C)ccc2F)c(OC)cc1Cl. The number of halogens is 2. The summed E-state index contributed by atoms with van der Waals surface area (Å²) >= 11 is 6.05. The maximum Gasteiger partial charge on any atom is 0.143 e. The molecule has 0 heterocycles. The van der Waals surface area contributed by atoms with Gasteiger partial charge in [0.1, 0.15) is 17.3 Å². The number of anilines is 1. The molecule has 0 saturated carbocycles. The van der Waals surface area contributed by atoms with Gasteiger partial charge in [-0.25, -0.2) is 4.39 Å². The molecule has 2 rings (SSSR count). The first kappa shape index (κ1) is 15.4. The monoisotopic (exact) mass is 309 g/mol. The minimum absolute atomic E-state index is 0.243. The Kier molecular flexibility index (Phi) is 4.91. The lowest BCUT2D eigenvalue weighted by molar-refractivity contribution is 0.404. The van der Waals surface area contributed by atoms with Crippen LogP contribution in [0, 0.1) is 12.7 Å². The summed E-state index contributed by atoms with van der Waals surface area (Å²) in [7, 11) is 3.09. The zero-order chi connectivity index (χ0) is 15.4.